The first-order chi connectivity index (χ1) is 8.61. The van der Waals surface area contributed by atoms with E-state index in [1.165, 1.54) is 6.20 Å². The Kier molecular flexibility index (Phi) is 2.36. The van der Waals surface area contributed by atoms with Gasteiger partial charge in [-0.1, -0.05) is 23.7 Å². The zero-order valence-electron chi connectivity index (χ0n) is 9.22. The van der Waals surface area contributed by atoms with Crippen molar-refractivity contribution < 1.29 is 9.90 Å². The maximum atomic E-state index is 11.8. The molecule has 0 aliphatic carbocycles. The molecule has 0 radical (unpaired) electrons. The minimum absolute atomic E-state index is 0.245. The summed E-state index contributed by atoms with van der Waals surface area (Å²) in [6.45, 7) is 0. The number of carbonyl (C=O) groups excluding carboxylic acids is 1. The number of hydrogen-bond acceptors (Lipinski definition) is 3. The van der Waals surface area contributed by atoms with Crippen LogP contribution in [0.3, 0.4) is 0 Å². The summed E-state index contributed by atoms with van der Waals surface area (Å²) in [5.41, 5.74) is -0.287. The van der Waals surface area contributed by atoms with Gasteiger partial charge in [0.2, 0.25) is 0 Å². The van der Waals surface area contributed by atoms with Crippen LogP contribution in [0.5, 0.6) is 0 Å². The van der Waals surface area contributed by atoms with Gasteiger partial charge in [0.05, 0.1) is 0 Å². The number of nitrogens with zero attached hydrogens (tertiary/aromatic N) is 1. The van der Waals surface area contributed by atoms with Gasteiger partial charge >= 0.3 is 0 Å². The Balaban J connectivity index is 2.17. The molecule has 1 aliphatic heterocycles. The van der Waals surface area contributed by atoms with E-state index in [1.807, 2.05) is 0 Å². The average Bonchev–Trinajstić information content (AvgIpc) is 2.64. The second kappa shape index (κ2) is 3.80. The predicted molar refractivity (Wildman–Crippen MR) is 66.2 cm³/mol. The number of aromatic nitrogens is 1. The third kappa shape index (κ3) is 1.50. The van der Waals surface area contributed by atoms with Crippen molar-refractivity contribution in [2.75, 3.05) is 0 Å². The monoisotopic (exact) mass is 260 g/mol. The molecule has 90 valence electrons. The fourth-order valence-corrected chi connectivity index (χ4v) is 2.21. The summed E-state index contributed by atoms with van der Waals surface area (Å²) < 4.78 is 0. The lowest BCUT2D eigenvalue weighted by Crippen LogP contribution is -2.40. The van der Waals surface area contributed by atoms with Gasteiger partial charge in [-0.05, 0) is 24.3 Å². The second-order valence-corrected chi connectivity index (χ2v) is 4.51. The minimum Gasteiger partial charge on any atom is -0.363 e. The Morgan fingerprint density at radius 2 is 1.94 bits per heavy atom. The molecule has 0 fully saturated rings. The Hall–Kier alpha value is -1.91. The summed E-state index contributed by atoms with van der Waals surface area (Å²) in [7, 11) is 0. The summed E-state index contributed by atoms with van der Waals surface area (Å²) in [5.74, 6) is -0.386. The molecule has 0 saturated carbocycles. The molecule has 3 rings (SSSR count). The van der Waals surface area contributed by atoms with Gasteiger partial charge in [-0.15, -0.1) is 0 Å². The predicted octanol–water partition coefficient (Wildman–Crippen LogP) is 1.67. The maximum absolute atomic E-state index is 11.8. The van der Waals surface area contributed by atoms with Gasteiger partial charge in [-0.3, -0.25) is 9.78 Å². The molecule has 4 nitrogen and oxygen atoms in total. The van der Waals surface area contributed by atoms with E-state index >= 15 is 0 Å². The summed E-state index contributed by atoms with van der Waals surface area (Å²) >= 11 is 5.81. The Morgan fingerprint density at radius 3 is 2.67 bits per heavy atom. The lowest BCUT2D eigenvalue weighted by atomic mass is 9.97. The molecule has 1 amide bonds. The topological polar surface area (TPSA) is 62.2 Å². The zero-order chi connectivity index (χ0) is 12.8. The van der Waals surface area contributed by atoms with Crippen LogP contribution in [-0.4, -0.2) is 16.0 Å². The van der Waals surface area contributed by atoms with Crippen LogP contribution in [-0.2, 0) is 5.72 Å². The van der Waals surface area contributed by atoms with Gasteiger partial charge in [0, 0.05) is 22.3 Å². The van der Waals surface area contributed by atoms with Crippen LogP contribution in [0, 0.1) is 0 Å². The maximum Gasteiger partial charge on any atom is 0.273 e. The quantitative estimate of drug-likeness (QED) is 0.820. The molecular formula is C13H9ClN2O2. The summed E-state index contributed by atoms with van der Waals surface area (Å²) in [5, 5.41) is 13.8. The van der Waals surface area contributed by atoms with E-state index in [2.05, 4.69) is 10.3 Å². The number of halogens is 1. The zero-order valence-corrected chi connectivity index (χ0v) is 9.98. The second-order valence-electron chi connectivity index (χ2n) is 4.07. The van der Waals surface area contributed by atoms with Crippen molar-refractivity contribution in [3.63, 3.8) is 0 Å². The molecule has 5 heteroatoms. The molecule has 1 aromatic carbocycles. The van der Waals surface area contributed by atoms with Crippen LogP contribution in [0.2, 0.25) is 5.02 Å². The van der Waals surface area contributed by atoms with Gasteiger partial charge in [0.1, 0.15) is 5.69 Å². The fraction of sp³-hybridized carbons (Fsp3) is 0.0769. The number of hydrogen-bond donors (Lipinski definition) is 2. The van der Waals surface area contributed by atoms with Crippen LogP contribution in [0.15, 0.2) is 42.6 Å². The molecule has 2 heterocycles. The molecule has 18 heavy (non-hydrogen) atoms. The highest BCUT2D eigenvalue weighted by molar-refractivity contribution is 6.30. The van der Waals surface area contributed by atoms with Crippen LogP contribution in [0.1, 0.15) is 21.6 Å². The lowest BCUT2D eigenvalue weighted by molar-refractivity contribution is 0.0476. The number of benzene rings is 1. The van der Waals surface area contributed by atoms with Crippen LogP contribution in [0.4, 0.5) is 0 Å². The number of fused-ring (bicyclic) bond motifs is 1. The molecule has 2 N–H and O–H groups in total. The molecule has 1 aliphatic rings. The average molecular weight is 261 g/mol. The number of amides is 1. The summed E-state index contributed by atoms with van der Waals surface area (Å²) in [6.07, 6.45) is 1.52. The van der Waals surface area contributed by atoms with E-state index in [0.717, 1.165) is 0 Å². The Labute approximate surface area is 108 Å². The van der Waals surface area contributed by atoms with Crippen molar-refractivity contribution in [3.8, 4) is 0 Å². The highest BCUT2D eigenvalue weighted by atomic mass is 35.5. The summed E-state index contributed by atoms with van der Waals surface area (Å²) in [6, 6.07) is 10.0. The minimum atomic E-state index is -1.54. The van der Waals surface area contributed by atoms with Gasteiger partial charge in [-0.2, -0.15) is 0 Å². The SMILES string of the molecule is O=C1NC(O)(c2ccc(Cl)cc2)c2cccnc21. The Morgan fingerprint density at radius 1 is 1.22 bits per heavy atom. The van der Waals surface area contributed by atoms with E-state index in [1.54, 1.807) is 36.4 Å². The fourth-order valence-electron chi connectivity index (χ4n) is 2.09. The molecule has 1 aromatic heterocycles. The standard InChI is InChI=1S/C13H9ClN2O2/c14-9-5-3-8(4-6-9)13(18)10-2-1-7-15-11(10)12(17)16-13/h1-7,18H,(H,16,17). The largest absolute Gasteiger partial charge is 0.363 e. The number of aliphatic hydroxyl groups is 1. The van der Waals surface area contributed by atoms with Gasteiger partial charge in [-0.25, -0.2) is 0 Å². The van der Waals surface area contributed by atoms with Crippen molar-refractivity contribution in [1.82, 2.24) is 10.3 Å². The molecule has 1 unspecified atom stereocenters. The molecule has 0 saturated heterocycles. The van der Waals surface area contributed by atoms with Gasteiger partial charge < -0.3 is 10.4 Å². The van der Waals surface area contributed by atoms with Crippen molar-refractivity contribution in [2.45, 2.75) is 5.72 Å². The molecular weight excluding hydrogens is 252 g/mol. The highest BCUT2D eigenvalue weighted by Crippen LogP contribution is 2.33. The van der Waals surface area contributed by atoms with E-state index in [0.29, 0.717) is 16.1 Å². The first-order valence-corrected chi connectivity index (χ1v) is 5.75. The van der Waals surface area contributed by atoms with Crippen LogP contribution < -0.4 is 5.32 Å². The van der Waals surface area contributed by atoms with E-state index in [9.17, 15) is 9.90 Å². The van der Waals surface area contributed by atoms with E-state index in [4.69, 9.17) is 11.6 Å². The number of rotatable bonds is 1. The van der Waals surface area contributed by atoms with Crippen molar-refractivity contribution in [1.29, 1.82) is 0 Å². The molecule has 2 aromatic rings. The van der Waals surface area contributed by atoms with Gasteiger partial charge in [0.25, 0.3) is 5.91 Å². The van der Waals surface area contributed by atoms with Crippen LogP contribution >= 0.6 is 11.6 Å². The normalized spacial score (nSPS) is 21.6. The number of pyridine rings is 1. The van der Waals surface area contributed by atoms with E-state index in [-0.39, 0.29) is 11.6 Å². The van der Waals surface area contributed by atoms with Crippen molar-refractivity contribution in [2.24, 2.45) is 0 Å². The molecule has 1 atom stereocenters. The third-order valence-electron chi connectivity index (χ3n) is 2.97. The van der Waals surface area contributed by atoms with E-state index < -0.39 is 5.72 Å². The first-order valence-electron chi connectivity index (χ1n) is 5.38. The number of nitrogens with one attached hydrogen (secondary N) is 1. The molecule has 0 spiro atoms. The highest BCUT2D eigenvalue weighted by Gasteiger charge is 2.43. The molecule has 0 bridgehead atoms. The van der Waals surface area contributed by atoms with Crippen LogP contribution in [0.25, 0.3) is 0 Å². The Bertz CT molecular complexity index is 627. The number of carbonyl (C=O) groups is 1. The summed E-state index contributed by atoms with van der Waals surface area (Å²) in [4.78, 5) is 15.7. The van der Waals surface area contributed by atoms with Crippen molar-refractivity contribution in [3.05, 3.63) is 64.4 Å². The smallest absolute Gasteiger partial charge is 0.273 e. The van der Waals surface area contributed by atoms with Gasteiger partial charge in [0.15, 0.2) is 5.72 Å². The third-order valence-corrected chi connectivity index (χ3v) is 3.22. The van der Waals surface area contributed by atoms with Crippen molar-refractivity contribution >= 4 is 17.5 Å². The lowest BCUT2D eigenvalue weighted by Gasteiger charge is -2.24. The first kappa shape index (κ1) is 11.2.